The van der Waals surface area contributed by atoms with Crippen molar-refractivity contribution in [2.75, 3.05) is 5.32 Å². The molecule has 0 aliphatic carbocycles. The lowest BCUT2D eigenvalue weighted by molar-refractivity contribution is 0.415. The predicted molar refractivity (Wildman–Crippen MR) is 101 cm³/mol. The Morgan fingerprint density at radius 1 is 1.08 bits per heavy atom. The lowest BCUT2D eigenvalue weighted by Crippen LogP contribution is -1.88. The van der Waals surface area contributed by atoms with E-state index in [1.807, 2.05) is 6.07 Å². The highest BCUT2D eigenvalue weighted by Crippen LogP contribution is 2.31. The third kappa shape index (κ3) is 3.97. The first-order chi connectivity index (χ1) is 12.1. The highest BCUT2D eigenvalue weighted by Gasteiger charge is 2.17. The molecule has 3 aromatic rings. The highest BCUT2D eigenvalue weighted by molar-refractivity contribution is 6.35. The molecule has 25 heavy (non-hydrogen) atoms. The van der Waals surface area contributed by atoms with Gasteiger partial charge >= 0.3 is 0 Å². The fourth-order valence-corrected chi connectivity index (χ4v) is 2.96. The normalized spacial score (nSPS) is 10.8. The molecule has 124 valence electrons. The van der Waals surface area contributed by atoms with Crippen molar-refractivity contribution in [3.05, 3.63) is 75.1 Å². The van der Waals surface area contributed by atoms with Crippen molar-refractivity contribution < 1.29 is 4.52 Å². The van der Waals surface area contributed by atoms with Gasteiger partial charge in [-0.25, -0.2) is 0 Å². The van der Waals surface area contributed by atoms with Crippen LogP contribution in [0, 0.1) is 11.3 Å². The van der Waals surface area contributed by atoms with E-state index >= 15 is 0 Å². The maximum absolute atomic E-state index is 9.45. The number of hydrogen-bond acceptors (Lipinski definition) is 4. The summed E-state index contributed by atoms with van der Waals surface area (Å²) in [4.78, 5) is 0. The zero-order chi connectivity index (χ0) is 17.8. The zero-order valence-corrected chi connectivity index (χ0v) is 14.9. The number of rotatable bonds is 4. The molecular weight excluding hydrogens is 381 g/mol. The standard InChI is InChI=1S/C18H10Cl3N3O/c19-11-7-12(20)9-13(8-11)23-6-5-17-15(10-22)18(24-25-17)14-3-1-2-4-16(14)21/h1-9,23H. The number of nitriles is 1. The van der Waals surface area contributed by atoms with Crippen LogP contribution in [0.2, 0.25) is 15.1 Å². The number of halogens is 3. The average Bonchev–Trinajstić information content (AvgIpc) is 2.97. The van der Waals surface area contributed by atoms with Crippen LogP contribution in [0.15, 0.2) is 53.2 Å². The van der Waals surface area contributed by atoms with E-state index in [1.165, 1.54) is 0 Å². The van der Waals surface area contributed by atoms with Gasteiger partial charge in [0, 0.05) is 33.6 Å². The van der Waals surface area contributed by atoms with Crippen molar-refractivity contribution in [3.8, 4) is 17.3 Å². The Hall–Kier alpha value is -2.45. The SMILES string of the molecule is N#Cc1c(-c2ccccc2Cl)noc1C=CNc1cc(Cl)cc(Cl)c1. The fourth-order valence-electron chi connectivity index (χ4n) is 2.21. The number of nitrogens with one attached hydrogen (secondary N) is 1. The van der Waals surface area contributed by atoms with Crippen LogP contribution in [-0.2, 0) is 0 Å². The molecule has 7 heteroatoms. The molecule has 1 heterocycles. The zero-order valence-electron chi connectivity index (χ0n) is 12.6. The maximum atomic E-state index is 9.45. The minimum Gasteiger partial charge on any atom is -0.361 e. The number of benzene rings is 2. The molecule has 0 aliphatic rings. The minimum absolute atomic E-state index is 0.301. The second kappa shape index (κ2) is 7.62. The second-order valence-corrected chi connectivity index (χ2v) is 6.28. The Balaban J connectivity index is 1.86. The molecule has 3 rings (SSSR count). The van der Waals surface area contributed by atoms with Gasteiger partial charge in [-0.1, -0.05) is 58.2 Å². The van der Waals surface area contributed by atoms with E-state index in [0.717, 1.165) is 0 Å². The molecule has 0 unspecified atom stereocenters. The van der Waals surface area contributed by atoms with Gasteiger partial charge in [-0.2, -0.15) is 5.26 Å². The van der Waals surface area contributed by atoms with Crippen molar-refractivity contribution >= 4 is 46.6 Å². The summed E-state index contributed by atoms with van der Waals surface area (Å²) in [6.45, 7) is 0. The van der Waals surface area contributed by atoms with Crippen molar-refractivity contribution in [1.82, 2.24) is 5.16 Å². The van der Waals surface area contributed by atoms with Gasteiger partial charge in [-0.15, -0.1) is 0 Å². The highest BCUT2D eigenvalue weighted by atomic mass is 35.5. The van der Waals surface area contributed by atoms with Crippen LogP contribution in [0.4, 0.5) is 5.69 Å². The largest absolute Gasteiger partial charge is 0.361 e. The Labute approximate surface area is 159 Å². The molecule has 0 atom stereocenters. The Morgan fingerprint density at radius 3 is 2.48 bits per heavy atom. The molecule has 0 aliphatic heterocycles. The quantitative estimate of drug-likeness (QED) is 0.571. The fraction of sp³-hybridized carbons (Fsp3) is 0. The van der Waals surface area contributed by atoms with E-state index in [1.54, 1.807) is 48.7 Å². The molecule has 0 saturated carbocycles. The Kier molecular flexibility index (Phi) is 5.30. The van der Waals surface area contributed by atoms with E-state index in [9.17, 15) is 5.26 Å². The monoisotopic (exact) mass is 389 g/mol. The summed E-state index contributed by atoms with van der Waals surface area (Å²) >= 11 is 18.1. The van der Waals surface area contributed by atoms with Crippen LogP contribution >= 0.6 is 34.8 Å². The number of anilines is 1. The van der Waals surface area contributed by atoms with E-state index in [4.69, 9.17) is 39.3 Å². The summed E-state index contributed by atoms with van der Waals surface area (Å²) in [5.41, 5.74) is 2.05. The molecular formula is C18H10Cl3N3O. The van der Waals surface area contributed by atoms with Gasteiger partial charge in [0.2, 0.25) is 0 Å². The number of aromatic nitrogens is 1. The first-order valence-corrected chi connectivity index (χ1v) is 8.25. The predicted octanol–water partition coefficient (Wildman–Crippen LogP) is 6.26. The first-order valence-electron chi connectivity index (χ1n) is 7.12. The Bertz CT molecular complexity index is 969. The van der Waals surface area contributed by atoms with Gasteiger partial charge in [0.1, 0.15) is 17.3 Å². The molecule has 1 aromatic heterocycles. The minimum atomic E-state index is 0.301. The molecule has 2 aromatic carbocycles. The molecule has 0 fully saturated rings. The summed E-state index contributed by atoms with van der Waals surface area (Å²) in [5.74, 6) is 0.318. The summed E-state index contributed by atoms with van der Waals surface area (Å²) < 4.78 is 5.27. The van der Waals surface area contributed by atoms with Crippen LogP contribution in [0.25, 0.3) is 17.3 Å². The molecule has 0 saturated heterocycles. The lowest BCUT2D eigenvalue weighted by Gasteiger charge is -2.02. The lowest BCUT2D eigenvalue weighted by atomic mass is 10.1. The molecule has 1 N–H and O–H groups in total. The Morgan fingerprint density at radius 2 is 1.80 bits per heavy atom. The molecule has 0 amide bonds. The molecule has 0 spiro atoms. The summed E-state index contributed by atoms with van der Waals surface area (Å²) in [6, 6.07) is 14.3. The average molecular weight is 391 g/mol. The van der Waals surface area contributed by atoms with Crippen LogP contribution in [0.1, 0.15) is 11.3 Å². The van der Waals surface area contributed by atoms with Crippen molar-refractivity contribution in [3.63, 3.8) is 0 Å². The third-order valence-corrected chi connectivity index (χ3v) is 4.07. The molecule has 0 radical (unpaired) electrons. The summed E-state index contributed by atoms with van der Waals surface area (Å²) in [5, 5.41) is 18.0. The van der Waals surface area contributed by atoms with E-state index in [-0.39, 0.29) is 0 Å². The van der Waals surface area contributed by atoms with E-state index in [2.05, 4.69) is 16.5 Å². The topological polar surface area (TPSA) is 61.9 Å². The van der Waals surface area contributed by atoms with Crippen LogP contribution < -0.4 is 5.32 Å². The van der Waals surface area contributed by atoms with Gasteiger partial charge in [-0.3, -0.25) is 0 Å². The van der Waals surface area contributed by atoms with Crippen molar-refractivity contribution in [1.29, 1.82) is 5.26 Å². The van der Waals surface area contributed by atoms with E-state index < -0.39 is 0 Å². The maximum Gasteiger partial charge on any atom is 0.179 e. The smallest absolute Gasteiger partial charge is 0.179 e. The third-order valence-electron chi connectivity index (χ3n) is 3.31. The van der Waals surface area contributed by atoms with Crippen molar-refractivity contribution in [2.24, 2.45) is 0 Å². The van der Waals surface area contributed by atoms with Gasteiger partial charge in [0.25, 0.3) is 0 Å². The number of hydrogen-bond donors (Lipinski definition) is 1. The summed E-state index contributed by atoms with van der Waals surface area (Å²) in [7, 11) is 0. The first kappa shape index (κ1) is 17.4. The van der Waals surface area contributed by atoms with Crippen LogP contribution in [-0.4, -0.2) is 5.16 Å². The van der Waals surface area contributed by atoms with Crippen LogP contribution in [0.5, 0.6) is 0 Å². The van der Waals surface area contributed by atoms with Gasteiger partial charge in [0.05, 0.1) is 5.02 Å². The second-order valence-electron chi connectivity index (χ2n) is 5.00. The number of nitrogens with zero attached hydrogens (tertiary/aromatic N) is 2. The van der Waals surface area contributed by atoms with Gasteiger partial charge < -0.3 is 9.84 Å². The molecule has 4 nitrogen and oxygen atoms in total. The summed E-state index contributed by atoms with van der Waals surface area (Å²) in [6.07, 6.45) is 3.21. The van der Waals surface area contributed by atoms with E-state index in [0.29, 0.717) is 43.3 Å². The van der Waals surface area contributed by atoms with Crippen LogP contribution in [0.3, 0.4) is 0 Å². The van der Waals surface area contributed by atoms with Gasteiger partial charge in [0.15, 0.2) is 5.76 Å². The molecule has 0 bridgehead atoms. The van der Waals surface area contributed by atoms with Crippen molar-refractivity contribution in [2.45, 2.75) is 0 Å². The van der Waals surface area contributed by atoms with Gasteiger partial charge in [-0.05, 0) is 24.3 Å².